The molecule has 4 rings (SSSR count). The molecule has 1 saturated heterocycles. The Bertz CT molecular complexity index is 905. The number of H-pyrrole nitrogens is 1. The highest BCUT2D eigenvalue weighted by atomic mass is 16.2. The molecule has 1 N–H and O–H groups in total. The summed E-state index contributed by atoms with van der Waals surface area (Å²) in [6, 6.07) is 6.26. The molecule has 6 nitrogen and oxygen atoms in total. The first-order valence-corrected chi connectivity index (χ1v) is 9.18. The quantitative estimate of drug-likeness (QED) is 0.786. The van der Waals surface area contributed by atoms with Crippen LogP contribution < -0.4 is 0 Å². The number of benzene rings is 1. The van der Waals surface area contributed by atoms with E-state index in [-0.39, 0.29) is 11.8 Å². The summed E-state index contributed by atoms with van der Waals surface area (Å²) in [5, 5.41) is 0. The van der Waals surface area contributed by atoms with Gasteiger partial charge in [-0.2, -0.15) is 0 Å². The summed E-state index contributed by atoms with van der Waals surface area (Å²) < 4.78 is 0. The van der Waals surface area contributed by atoms with Crippen molar-refractivity contribution in [3.63, 3.8) is 0 Å². The second-order valence-corrected chi connectivity index (χ2v) is 7.02. The van der Waals surface area contributed by atoms with Crippen molar-refractivity contribution in [3.05, 3.63) is 53.9 Å². The molecule has 1 aromatic carbocycles. The Labute approximate surface area is 152 Å². The van der Waals surface area contributed by atoms with Crippen molar-refractivity contribution in [1.29, 1.82) is 0 Å². The lowest BCUT2D eigenvalue weighted by molar-refractivity contribution is -0.132. The molecule has 0 spiro atoms. The number of carbonyl (C=O) groups excluding carboxylic acids is 1. The van der Waals surface area contributed by atoms with Gasteiger partial charge in [-0.3, -0.25) is 14.8 Å². The van der Waals surface area contributed by atoms with Gasteiger partial charge in [-0.05, 0) is 43.9 Å². The van der Waals surface area contributed by atoms with Crippen LogP contribution in [0.4, 0.5) is 0 Å². The second kappa shape index (κ2) is 7.23. The zero-order chi connectivity index (χ0) is 17.9. The SMILES string of the molecule is Cc1ccc2nc(C3CCCN(C(=O)CCc4cnccn4)C3)[nH]c2c1. The highest BCUT2D eigenvalue weighted by Crippen LogP contribution is 2.27. The van der Waals surface area contributed by atoms with Crippen molar-refractivity contribution in [2.24, 2.45) is 0 Å². The van der Waals surface area contributed by atoms with Gasteiger partial charge in [-0.25, -0.2) is 4.98 Å². The number of aryl methyl sites for hydroxylation is 2. The van der Waals surface area contributed by atoms with E-state index in [1.807, 2.05) is 4.90 Å². The molecule has 1 aliphatic rings. The molecule has 1 atom stereocenters. The molecule has 0 bridgehead atoms. The number of fused-ring (bicyclic) bond motifs is 1. The van der Waals surface area contributed by atoms with Crippen LogP contribution in [0, 0.1) is 6.92 Å². The summed E-state index contributed by atoms with van der Waals surface area (Å²) >= 11 is 0. The normalized spacial score (nSPS) is 17.6. The van der Waals surface area contributed by atoms with E-state index < -0.39 is 0 Å². The van der Waals surface area contributed by atoms with Crippen LogP contribution in [0.15, 0.2) is 36.8 Å². The Kier molecular flexibility index (Phi) is 4.65. The molecule has 3 aromatic rings. The monoisotopic (exact) mass is 349 g/mol. The molecule has 2 aromatic heterocycles. The van der Waals surface area contributed by atoms with Crippen LogP contribution in [0.1, 0.15) is 42.3 Å². The Balaban J connectivity index is 1.42. The minimum atomic E-state index is 0.187. The number of carbonyl (C=O) groups is 1. The summed E-state index contributed by atoms with van der Waals surface area (Å²) in [5.74, 6) is 1.46. The minimum Gasteiger partial charge on any atom is -0.342 e. The van der Waals surface area contributed by atoms with E-state index in [1.54, 1.807) is 18.6 Å². The number of hydrogen-bond acceptors (Lipinski definition) is 4. The van der Waals surface area contributed by atoms with Crippen LogP contribution in [0.5, 0.6) is 0 Å². The molecule has 1 fully saturated rings. The molecular weight excluding hydrogens is 326 g/mol. The van der Waals surface area contributed by atoms with Crippen molar-refractivity contribution in [3.8, 4) is 0 Å². The Morgan fingerprint density at radius 1 is 1.35 bits per heavy atom. The molecule has 6 heteroatoms. The van der Waals surface area contributed by atoms with Gasteiger partial charge in [0.05, 0.1) is 16.7 Å². The largest absolute Gasteiger partial charge is 0.342 e. The third kappa shape index (κ3) is 3.59. The van der Waals surface area contributed by atoms with Gasteiger partial charge < -0.3 is 9.88 Å². The first-order chi connectivity index (χ1) is 12.7. The summed E-state index contributed by atoms with van der Waals surface area (Å²) in [6.07, 6.45) is 8.23. The summed E-state index contributed by atoms with van der Waals surface area (Å²) in [4.78, 5) is 31.1. The summed E-state index contributed by atoms with van der Waals surface area (Å²) in [6.45, 7) is 3.64. The maximum atomic E-state index is 12.6. The van der Waals surface area contributed by atoms with Gasteiger partial charge in [0, 0.05) is 44.0 Å². The molecule has 134 valence electrons. The van der Waals surface area contributed by atoms with E-state index in [4.69, 9.17) is 4.98 Å². The Morgan fingerprint density at radius 3 is 3.12 bits per heavy atom. The standard InChI is InChI=1S/C20H23N5O/c1-14-4-6-17-18(11-14)24-20(23-17)15-3-2-10-25(13-15)19(26)7-5-16-12-21-8-9-22-16/h4,6,8-9,11-12,15H,2-3,5,7,10,13H2,1H3,(H,23,24). The number of piperidine rings is 1. The van der Waals surface area contributed by atoms with Gasteiger partial charge in [-0.1, -0.05) is 6.07 Å². The van der Waals surface area contributed by atoms with Crippen molar-refractivity contribution in [2.45, 2.75) is 38.5 Å². The van der Waals surface area contributed by atoms with Gasteiger partial charge in [0.25, 0.3) is 0 Å². The van der Waals surface area contributed by atoms with Crippen molar-refractivity contribution in [2.75, 3.05) is 13.1 Å². The maximum Gasteiger partial charge on any atom is 0.222 e. The van der Waals surface area contributed by atoms with Gasteiger partial charge in [0.15, 0.2) is 0 Å². The molecule has 26 heavy (non-hydrogen) atoms. The predicted octanol–water partition coefficient (Wildman–Crippen LogP) is 3.00. The highest BCUT2D eigenvalue weighted by Gasteiger charge is 2.26. The van der Waals surface area contributed by atoms with E-state index in [9.17, 15) is 4.79 Å². The fourth-order valence-corrected chi connectivity index (χ4v) is 3.62. The smallest absolute Gasteiger partial charge is 0.222 e. The average Bonchev–Trinajstić information content (AvgIpc) is 3.10. The zero-order valence-electron chi connectivity index (χ0n) is 15.0. The van der Waals surface area contributed by atoms with E-state index in [1.165, 1.54) is 5.56 Å². The van der Waals surface area contributed by atoms with Crippen LogP contribution >= 0.6 is 0 Å². The fourth-order valence-electron chi connectivity index (χ4n) is 3.62. The molecule has 1 amide bonds. The second-order valence-electron chi connectivity index (χ2n) is 7.02. The van der Waals surface area contributed by atoms with Crippen LogP contribution in [0.25, 0.3) is 11.0 Å². The van der Waals surface area contributed by atoms with Gasteiger partial charge in [0.2, 0.25) is 5.91 Å². The van der Waals surface area contributed by atoms with Gasteiger partial charge in [-0.15, -0.1) is 0 Å². The molecule has 0 aliphatic carbocycles. The Morgan fingerprint density at radius 2 is 2.27 bits per heavy atom. The van der Waals surface area contributed by atoms with Crippen molar-refractivity contribution >= 4 is 16.9 Å². The number of rotatable bonds is 4. The van der Waals surface area contributed by atoms with E-state index in [2.05, 4.69) is 40.1 Å². The van der Waals surface area contributed by atoms with Crippen LogP contribution in [-0.4, -0.2) is 43.8 Å². The number of hydrogen-bond donors (Lipinski definition) is 1. The summed E-state index contributed by atoms with van der Waals surface area (Å²) in [5.41, 5.74) is 4.15. The van der Waals surface area contributed by atoms with Gasteiger partial charge in [0.1, 0.15) is 5.82 Å². The number of amides is 1. The third-order valence-electron chi connectivity index (χ3n) is 5.03. The first kappa shape index (κ1) is 16.7. The number of aromatic amines is 1. The number of likely N-dealkylation sites (tertiary alicyclic amines) is 1. The third-order valence-corrected chi connectivity index (χ3v) is 5.03. The summed E-state index contributed by atoms with van der Waals surface area (Å²) in [7, 11) is 0. The van der Waals surface area contributed by atoms with Crippen molar-refractivity contribution < 1.29 is 4.79 Å². The van der Waals surface area contributed by atoms with Crippen LogP contribution in [0.2, 0.25) is 0 Å². The first-order valence-electron chi connectivity index (χ1n) is 9.18. The molecule has 1 unspecified atom stereocenters. The van der Waals surface area contributed by atoms with Gasteiger partial charge >= 0.3 is 0 Å². The fraction of sp³-hybridized carbons (Fsp3) is 0.400. The molecular formula is C20H23N5O. The van der Waals surface area contributed by atoms with E-state index in [0.717, 1.165) is 48.5 Å². The maximum absolute atomic E-state index is 12.6. The molecule has 1 aliphatic heterocycles. The number of nitrogens with one attached hydrogen (secondary N) is 1. The van der Waals surface area contributed by atoms with Crippen LogP contribution in [0.3, 0.4) is 0 Å². The molecule has 0 radical (unpaired) electrons. The highest BCUT2D eigenvalue weighted by molar-refractivity contribution is 5.77. The molecule has 0 saturated carbocycles. The predicted molar refractivity (Wildman–Crippen MR) is 99.7 cm³/mol. The van der Waals surface area contributed by atoms with Crippen LogP contribution in [-0.2, 0) is 11.2 Å². The van der Waals surface area contributed by atoms with E-state index >= 15 is 0 Å². The number of nitrogens with zero attached hydrogens (tertiary/aromatic N) is 4. The average molecular weight is 349 g/mol. The zero-order valence-corrected chi connectivity index (χ0v) is 15.0. The number of imidazole rings is 1. The lowest BCUT2D eigenvalue weighted by Crippen LogP contribution is -2.39. The lowest BCUT2D eigenvalue weighted by atomic mass is 9.97. The number of aromatic nitrogens is 4. The Hall–Kier alpha value is -2.76. The topological polar surface area (TPSA) is 74.8 Å². The van der Waals surface area contributed by atoms with E-state index in [0.29, 0.717) is 12.8 Å². The minimum absolute atomic E-state index is 0.187. The molecule has 3 heterocycles. The lowest BCUT2D eigenvalue weighted by Gasteiger charge is -2.32. The van der Waals surface area contributed by atoms with Crippen molar-refractivity contribution in [1.82, 2.24) is 24.8 Å².